The third-order valence-electron chi connectivity index (χ3n) is 3.64. The second kappa shape index (κ2) is 7.29. The van der Waals surface area contributed by atoms with Crippen molar-refractivity contribution >= 4 is 34.9 Å². The normalized spacial score (nSPS) is 10.9. The Bertz CT molecular complexity index is 916. The fraction of sp³-hybridized carbons (Fsp3) is 0.235. The molecule has 0 aliphatic rings. The van der Waals surface area contributed by atoms with Crippen LogP contribution in [-0.4, -0.2) is 25.5 Å². The molecule has 0 fully saturated rings. The first-order valence-electron chi connectivity index (χ1n) is 7.69. The van der Waals surface area contributed by atoms with Gasteiger partial charge < -0.3 is 5.32 Å². The van der Waals surface area contributed by atoms with Crippen LogP contribution in [-0.2, 0) is 17.9 Å². The first-order chi connectivity index (χ1) is 11.9. The summed E-state index contributed by atoms with van der Waals surface area (Å²) in [4.78, 5) is 12.1. The van der Waals surface area contributed by atoms with E-state index < -0.39 is 0 Å². The highest BCUT2D eigenvalue weighted by Crippen LogP contribution is 2.23. The van der Waals surface area contributed by atoms with Gasteiger partial charge in [-0.05, 0) is 37.6 Å². The number of aryl methyl sites for hydroxylation is 2. The second-order valence-electron chi connectivity index (χ2n) is 5.78. The molecule has 25 heavy (non-hydrogen) atoms. The maximum absolute atomic E-state index is 12.1. The van der Waals surface area contributed by atoms with Crippen LogP contribution in [0.15, 0.2) is 36.5 Å². The lowest BCUT2D eigenvalue weighted by Gasteiger charge is -2.06. The van der Waals surface area contributed by atoms with Gasteiger partial charge in [0.25, 0.3) is 0 Å². The van der Waals surface area contributed by atoms with Gasteiger partial charge in [-0.15, -0.1) is 0 Å². The topological polar surface area (TPSA) is 64.7 Å². The van der Waals surface area contributed by atoms with Crippen molar-refractivity contribution in [3.63, 3.8) is 0 Å². The molecule has 6 nitrogen and oxygen atoms in total. The van der Waals surface area contributed by atoms with Gasteiger partial charge in [-0.25, -0.2) is 0 Å². The van der Waals surface area contributed by atoms with Crippen molar-refractivity contribution in [3.8, 4) is 0 Å². The fourth-order valence-electron chi connectivity index (χ4n) is 2.42. The molecule has 3 aromatic rings. The standard InChI is InChI=1S/C17H17Cl2N5O/c1-11-5-6-23(21-11)10-17(25)20-16-7-12(2)24(22-16)9-13-3-4-14(18)15(19)8-13/h3-8H,9-10H2,1-2H3,(H,20,22,25). The Morgan fingerprint density at radius 2 is 1.92 bits per heavy atom. The summed E-state index contributed by atoms with van der Waals surface area (Å²) in [5, 5.41) is 12.4. The molecule has 2 aromatic heterocycles. The Balaban J connectivity index is 1.67. The number of carbonyl (C=O) groups excluding carboxylic acids is 1. The average molecular weight is 378 g/mol. The van der Waals surface area contributed by atoms with E-state index in [1.807, 2.05) is 38.1 Å². The number of amides is 1. The summed E-state index contributed by atoms with van der Waals surface area (Å²) in [6.45, 7) is 4.49. The second-order valence-corrected chi connectivity index (χ2v) is 6.59. The Hall–Kier alpha value is -2.31. The van der Waals surface area contributed by atoms with Gasteiger partial charge in [-0.1, -0.05) is 29.3 Å². The van der Waals surface area contributed by atoms with Gasteiger partial charge in [-0.2, -0.15) is 10.2 Å². The van der Waals surface area contributed by atoms with Crippen molar-refractivity contribution in [2.75, 3.05) is 5.32 Å². The van der Waals surface area contributed by atoms with Gasteiger partial charge in [0.1, 0.15) is 6.54 Å². The van der Waals surface area contributed by atoms with E-state index in [0.717, 1.165) is 17.0 Å². The minimum atomic E-state index is -0.178. The molecule has 1 amide bonds. The molecule has 0 unspecified atom stereocenters. The Morgan fingerprint density at radius 1 is 1.12 bits per heavy atom. The van der Waals surface area contributed by atoms with Crippen LogP contribution in [0, 0.1) is 13.8 Å². The maximum Gasteiger partial charge on any atom is 0.247 e. The summed E-state index contributed by atoms with van der Waals surface area (Å²) < 4.78 is 3.39. The van der Waals surface area contributed by atoms with Crippen LogP contribution in [0.1, 0.15) is 17.0 Å². The minimum Gasteiger partial charge on any atom is -0.308 e. The van der Waals surface area contributed by atoms with Crippen molar-refractivity contribution < 1.29 is 4.79 Å². The summed E-state index contributed by atoms with van der Waals surface area (Å²) in [5.74, 6) is 0.328. The lowest BCUT2D eigenvalue weighted by atomic mass is 10.2. The molecule has 0 aliphatic heterocycles. The number of anilines is 1. The number of hydrogen-bond acceptors (Lipinski definition) is 3. The SMILES string of the molecule is Cc1ccn(CC(=O)Nc2cc(C)n(Cc3ccc(Cl)c(Cl)c3)n2)n1. The molecule has 0 atom stereocenters. The molecule has 0 saturated carbocycles. The van der Waals surface area contributed by atoms with E-state index in [0.29, 0.717) is 22.4 Å². The van der Waals surface area contributed by atoms with Crippen molar-refractivity contribution in [1.29, 1.82) is 0 Å². The van der Waals surface area contributed by atoms with Gasteiger partial charge in [0, 0.05) is 18.0 Å². The number of nitrogens with zero attached hydrogens (tertiary/aromatic N) is 4. The molecular formula is C17H17Cl2N5O. The zero-order valence-corrected chi connectivity index (χ0v) is 15.3. The number of nitrogens with one attached hydrogen (secondary N) is 1. The number of aromatic nitrogens is 4. The van der Waals surface area contributed by atoms with Crippen LogP contribution < -0.4 is 5.32 Å². The lowest BCUT2D eigenvalue weighted by Crippen LogP contribution is -2.19. The first-order valence-corrected chi connectivity index (χ1v) is 8.44. The van der Waals surface area contributed by atoms with Crippen LogP contribution in [0.5, 0.6) is 0 Å². The largest absolute Gasteiger partial charge is 0.308 e. The Morgan fingerprint density at radius 3 is 2.60 bits per heavy atom. The molecule has 0 radical (unpaired) electrons. The van der Waals surface area contributed by atoms with Gasteiger partial charge in [0.2, 0.25) is 5.91 Å². The van der Waals surface area contributed by atoms with Crippen LogP contribution in [0.4, 0.5) is 5.82 Å². The number of hydrogen-bond donors (Lipinski definition) is 1. The zero-order valence-electron chi connectivity index (χ0n) is 13.8. The van der Waals surface area contributed by atoms with E-state index in [4.69, 9.17) is 23.2 Å². The predicted octanol–water partition coefficient (Wildman–Crippen LogP) is 3.69. The molecule has 0 saturated heterocycles. The summed E-state index contributed by atoms with van der Waals surface area (Å²) in [7, 11) is 0. The van der Waals surface area contributed by atoms with Crippen LogP contribution >= 0.6 is 23.2 Å². The summed E-state index contributed by atoms with van der Waals surface area (Å²) >= 11 is 12.0. The Labute approximate surface area is 155 Å². The average Bonchev–Trinajstić information content (AvgIpc) is 3.09. The predicted molar refractivity (Wildman–Crippen MR) is 98.1 cm³/mol. The smallest absolute Gasteiger partial charge is 0.247 e. The third-order valence-corrected chi connectivity index (χ3v) is 4.38. The van der Waals surface area contributed by atoms with E-state index >= 15 is 0 Å². The van der Waals surface area contributed by atoms with Crippen molar-refractivity contribution in [2.45, 2.75) is 26.9 Å². The lowest BCUT2D eigenvalue weighted by molar-refractivity contribution is -0.116. The van der Waals surface area contributed by atoms with Crippen LogP contribution in [0.3, 0.4) is 0 Å². The van der Waals surface area contributed by atoms with Gasteiger partial charge in [0.05, 0.1) is 22.3 Å². The van der Waals surface area contributed by atoms with Gasteiger partial charge >= 0.3 is 0 Å². The molecule has 1 aromatic carbocycles. The highest BCUT2D eigenvalue weighted by atomic mass is 35.5. The van der Waals surface area contributed by atoms with Crippen molar-refractivity contribution in [3.05, 3.63) is 63.5 Å². The Kier molecular flexibility index (Phi) is 5.11. The number of benzene rings is 1. The highest BCUT2D eigenvalue weighted by molar-refractivity contribution is 6.42. The molecule has 0 aliphatic carbocycles. The van der Waals surface area contributed by atoms with E-state index in [1.165, 1.54) is 0 Å². The van der Waals surface area contributed by atoms with E-state index in [9.17, 15) is 4.79 Å². The molecule has 0 spiro atoms. The fourth-order valence-corrected chi connectivity index (χ4v) is 2.74. The molecule has 0 bridgehead atoms. The van der Waals surface area contributed by atoms with Crippen molar-refractivity contribution in [2.24, 2.45) is 0 Å². The van der Waals surface area contributed by atoms with E-state index in [-0.39, 0.29) is 12.5 Å². The molecule has 130 valence electrons. The number of carbonyl (C=O) groups is 1. The minimum absolute atomic E-state index is 0.145. The number of halogens is 2. The quantitative estimate of drug-likeness (QED) is 0.737. The van der Waals surface area contributed by atoms with Gasteiger partial charge in [-0.3, -0.25) is 14.2 Å². The van der Waals surface area contributed by atoms with Crippen LogP contribution in [0.2, 0.25) is 10.0 Å². The zero-order chi connectivity index (χ0) is 18.0. The monoisotopic (exact) mass is 377 g/mol. The van der Waals surface area contributed by atoms with E-state index in [1.54, 1.807) is 21.6 Å². The maximum atomic E-state index is 12.1. The van der Waals surface area contributed by atoms with Crippen molar-refractivity contribution in [1.82, 2.24) is 19.6 Å². The van der Waals surface area contributed by atoms with E-state index in [2.05, 4.69) is 15.5 Å². The highest BCUT2D eigenvalue weighted by Gasteiger charge is 2.10. The molecular weight excluding hydrogens is 361 g/mol. The molecule has 3 rings (SSSR count). The molecule has 8 heteroatoms. The van der Waals surface area contributed by atoms with Crippen LogP contribution in [0.25, 0.3) is 0 Å². The first kappa shape index (κ1) is 17.5. The van der Waals surface area contributed by atoms with Gasteiger partial charge in [0.15, 0.2) is 5.82 Å². The summed E-state index contributed by atoms with van der Waals surface area (Å²) in [6, 6.07) is 9.14. The summed E-state index contributed by atoms with van der Waals surface area (Å²) in [5.41, 5.74) is 2.77. The molecule has 2 heterocycles. The summed E-state index contributed by atoms with van der Waals surface area (Å²) in [6.07, 6.45) is 1.77. The molecule has 1 N–H and O–H groups in total. The third kappa shape index (κ3) is 4.41. The number of rotatable bonds is 5.